The van der Waals surface area contributed by atoms with Gasteiger partial charge in [0, 0.05) is 12.8 Å². The number of hydrogen-bond donors (Lipinski definition) is 1. The molecule has 0 aromatic carbocycles. The van der Waals surface area contributed by atoms with E-state index in [9.17, 15) is 14.7 Å². The summed E-state index contributed by atoms with van der Waals surface area (Å²) in [6, 6.07) is 0. The smallest absolute Gasteiger partial charge is 0.306 e. The lowest BCUT2D eigenvalue weighted by molar-refractivity contribution is -0.161. The van der Waals surface area contributed by atoms with Gasteiger partial charge in [-0.2, -0.15) is 0 Å². The Kier molecular flexibility index (Phi) is 43.1. The Balaban J connectivity index is 3.60. The summed E-state index contributed by atoms with van der Waals surface area (Å²) in [7, 11) is 0. The molecule has 0 aliphatic carbocycles. The highest BCUT2D eigenvalue weighted by molar-refractivity contribution is 5.70. The molecule has 1 unspecified atom stereocenters. The van der Waals surface area contributed by atoms with E-state index in [-0.39, 0.29) is 25.2 Å². The van der Waals surface area contributed by atoms with Gasteiger partial charge in [-0.3, -0.25) is 9.59 Å². The molecule has 0 bridgehead atoms. The second kappa shape index (κ2) is 45.9. The molecule has 316 valence electrons. The van der Waals surface area contributed by atoms with E-state index >= 15 is 0 Å². The number of ether oxygens (including phenoxy) is 2. The molecule has 0 saturated heterocycles. The largest absolute Gasteiger partial charge is 0.462 e. The van der Waals surface area contributed by atoms with Crippen LogP contribution in [0.4, 0.5) is 0 Å². The lowest BCUT2D eigenvalue weighted by atomic mass is 10.0. The van der Waals surface area contributed by atoms with Crippen LogP contribution in [0, 0.1) is 0 Å². The van der Waals surface area contributed by atoms with Gasteiger partial charge in [0.2, 0.25) is 0 Å². The van der Waals surface area contributed by atoms with Crippen LogP contribution in [0.2, 0.25) is 0 Å². The number of carbonyl (C=O) groups excluding carboxylic acids is 2. The highest BCUT2D eigenvalue weighted by atomic mass is 16.6. The number of aliphatic hydroxyl groups is 1. The van der Waals surface area contributed by atoms with Crippen molar-refractivity contribution in [3.8, 4) is 0 Å². The third kappa shape index (κ3) is 43.3. The lowest BCUT2D eigenvalue weighted by Gasteiger charge is -2.15. The second-order valence-corrected chi connectivity index (χ2v) is 14.4. The molecule has 5 nitrogen and oxygen atoms in total. The Morgan fingerprint density at radius 1 is 0.411 bits per heavy atom. The van der Waals surface area contributed by atoms with E-state index in [1.807, 2.05) is 0 Å². The average Bonchev–Trinajstić information content (AvgIpc) is 3.20. The van der Waals surface area contributed by atoms with Crippen LogP contribution in [0.25, 0.3) is 0 Å². The van der Waals surface area contributed by atoms with Crippen LogP contribution in [0.1, 0.15) is 181 Å². The normalized spacial score (nSPS) is 13.3. The number of aliphatic hydroxyl groups excluding tert-OH is 1. The topological polar surface area (TPSA) is 72.8 Å². The summed E-state index contributed by atoms with van der Waals surface area (Å²) in [6.07, 6.45) is 66.0. The number of allylic oxidation sites excluding steroid dienone is 18. The predicted octanol–water partition coefficient (Wildman–Crippen LogP) is 14.6. The van der Waals surface area contributed by atoms with Crippen LogP contribution >= 0.6 is 0 Å². The summed E-state index contributed by atoms with van der Waals surface area (Å²) < 4.78 is 10.6. The molecule has 0 amide bonds. The van der Waals surface area contributed by atoms with Gasteiger partial charge in [0.15, 0.2) is 6.10 Å². The summed E-state index contributed by atoms with van der Waals surface area (Å²) in [5.74, 6) is -0.640. The maximum absolute atomic E-state index is 12.2. The molecule has 1 N–H and O–H groups in total. The first-order chi connectivity index (χ1) is 27.6. The van der Waals surface area contributed by atoms with Crippen molar-refractivity contribution in [2.24, 2.45) is 0 Å². The Morgan fingerprint density at radius 2 is 0.714 bits per heavy atom. The molecule has 0 rings (SSSR count). The SMILES string of the molecule is CC/C=C\C/C=C\C/C=C\C/C=C\C/C=C\C/C=C\CCCCCCCCCCCCC(=O)OC(CO)COC(=O)CCCCC/C=C\C/C=C\C/C=C\CC. The average molecular weight is 775 g/mol. The van der Waals surface area contributed by atoms with Gasteiger partial charge in [-0.1, -0.05) is 181 Å². The zero-order chi connectivity index (χ0) is 40.7. The molecular weight excluding hydrogens is 693 g/mol. The lowest BCUT2D eigenvalue weighted by Crippen LogP contribution is -2.28. The Labute approximate surface area is 344 Å². The molecule has 5 heteroatoms. The first-order valence-corrected chi connectivity index (χ1v) is 22.4. The van der Waals surface area contributed by atoms with Crippen molar-refractivity contribution < 1.29 is 24.2 Å². The van der Waals surface area contributed by atoms with Crippen molar-refractivity contribution in [2.45, 2.75) is 187 Å². The van der Waals surface area contributed by atoms with Gasteiger partial charge in [0.05, 0.1) is 6.61 Å². The standard InChI is InChI=1S/C51H82O5/c1-3-5-7-9-11-13-15-17-18-19-20-21-22-23-24-25-26-27-28-29-30-31-32-34-36-38-40-42-44-46-51(54)56-49(47-52)48-55-50(53)45-43-41-39-37-35-33-16-14-12-10-8-6-4-2/h5-8,11-14,17-18,20-21,23-24,26-27,33,35,49,52H,3-4,9-10,15-16,19,22,25,28-32,34,36-48H2,1-2H3/b7-5-,8-6-,13-11-,14-12-,18-17-,21-20-,24-23-,27-26-,35-33-. The summed E-state index contributed by atoms with van der Waals surface area (Å²) in [6.45, 7) is 3.86. The minimum Gasteiger partial charge on any atom is -0.462 e. The van der Waals surface area contributed by atoms with Crippen molar-refractivity contribution in [1.82, 2.24) is 0 Å². The maximum Gasteiger partial charge on any atom is 0.306 e. The molecule has 0 heterocycles. The van der Waals surface area contributed by atoms with Gasteiger partial charge in [0.25, 0.3) is 0 Å². The molecule has 56 heavy (non-hydrogen) atoms. The maximum atomic E-state index is 12.2. The van der Waals surface area contributed by atoms with Crippen molar-refractivity contribution in [3.63, 3.8) is 0 Å². The number of unbranched alkanes of at least 4 members (excludes halogenated alkanes) is 13. The highest BCUT2D eigenvalue weighted by Gasteiger charge is 2.16. The third-order valence-corrected chi connectivity index (χ3v) is 9.06. The molecule has 0 aliphatic heterocycles. The van der Waals surface area contributed by atoms with Crippen molar-refractivity contribution >= 4 is 11.9 Å². The second-order valence-electron chi connectivity index (χ2n) is 14.4. The van der Waals surface area contributed by atoms with Crippen LogP contribution in [0.15, 0.2) is 109 Å². The first-order valence-electron chi connectivity index (χ1n) is 22.4. The summed E-state index contributed by atoms with van der Waals surface area (Å²) in [5.41, 5.74) is 0. The van der Waals surface area contributed by atoms with Gasteiger partial charge < -0.3 is 14.6 Å². The van der Waals surface area contributed by atoms with Crippen molar-refractivity contribution in [3.05, 3.63) is 109 Å². The zero-order valence-corrected chi connectivity index (χ0v) is 35.8. The van der Waals surface area contributed by atoms with E-state index < -0.39 is 6.10 Å². The van der Waals surface area contributed by atoms with E-state index in [2.05, 4.69) is 123 Å². The van der Waals surface area contributed by atoms with Gasteiger partial charge in [-0.15, -0.1) is 0 Å². The van der Waals surface area contributed by atoms with Crippen LogP contribution in [-0.2, 0) is 19.1 Å². The highest BCUT2D eigenvalue weighted by Crippen LogP contribution is 2.13. The first kappa shape index (κ1) is 52.6. The minimum atomic E-state index is -0.793. The fraction of sp³-hybridized carbons (Fsp3) is 0.608. The van der Waals surface area contributed by atoms with Crippen LogP contribution in [0.5, 0.6) is 0 Å². The van der Waals surface area contributed by atoms with Gasteiger partial charge in [-0.25, -0.2) is 0 Å². The van der Waals surface area contributed by atoms with Gasteiger partial charge in [-0.05, 0) is 96.3 Å². The number of hydrogen-bond acceptors (Lipinski definition) is 5. The Hall–Kier alpha value is -3.44. The molecule has 0 saturated carbocycles. The summed E-state index contributed by atoms with van der Waals surface area (Å²) >= 11 is 0. The molecule has 0 radical (unpaired) electrons. The van der Waals surface area contributed by atoms with E-state index in [1.165, 1.54) is 51.4 Å². The molecule has 0 aliphatic rings. The fourth-order valence-corrected chi connectivity index (χ4v) is 5.75. The third-order valence-electron chi connectivity index (χ3n) is 9.06. The van der Waals surface area contributed by atoms with Crippen molar-refractivity contribution in [2.75, 3.05) is 13.2 Å². The van der Waals surface area contributed by atoms with E-state index in [1.54, 1.807) is 0 Å². The Morgan fingerprint density at radius 3 is 1.09 bits per heavy atom. The van der Waals surface area contributed by atoms with Crippen LogP contribution < -0.4 is 0 Å². The zero-order valence-electron chi connectivity index (χ0n) is 35.8. The van der Waals surface area contributed by atoms with Gasteiger partial charge in [0.1, 0.15) is 6.61 Å². The summed E-state index contributed by atoms with van der Waals surface area (Å²) in [5, 5.41) is 9.58. The molecule has 0 fully saturated rings. The van der Waals surface area contributed by atoms with Crippen LogP contribution in [0.3, 0.4) is 0 Å². The van der Waals surface area contributed by atoms with Crippen molar-refractivity contribution in [1.29, 1.82) is 0 Å². The van der Waals surface area contributed by atoms with Gasteiger partial charge >= 0.3 is 11.9 Å². The summed E-state index contributed by atoms with van der Waals surface area (Å²) in [4.78, 5) is 24.3. The Bertz CT molecular complexity index is 1150. The predicted molar refractivity (Wildman–Crippen MR) is 242 cm³/mol. The van der Waals surface area contributed by atoms with E-state index in [4.69, 9.17) is 9.47 Å². The monoisotopic (exact) mass is 775 g/mol. The number of rotatable bonds is 39. The molecule has 1 atom stereocenters. The molecule has 0 aromatic heterocycles. The molecule has 0 aromatic rings. The fourth-order valence-electron chi connectivity index (χ4n) is 5.75. The molecular formula is C51H82O5. The number of carbonyl (C=O) groups is 2. The number of esters is 2. The van der Waals surface area contributed by atoms with E-state index in [0.29, 0.717) is 12.8 Å². The molecule has 0 spiro atoms. The quantitative estimate of drug-likeness (QED) is 0.0382. The van der Waals surface area contributed by atoms with Crippen LogP contribution in [-0.4, -0.2) is 36.4 Å². The minimum absolute atomic E-state index is 0.0892. The van der Waals surface area contributed by atoms with E-state index in [0.717, 1.165) is 103 Å².